The Morgan fingerprint density at radius 3 is 2.29 bits per heavy atom. The van der Waals surface area contributed by atoms with Crippen LogP contribution in [0.25, 0.3) is 0 Å². The lowest BCUT2D eigenvalue weighted by Gasteiger charge is -2.39. The molecule has 0 saturated heterocycles. The zero-order chi connectivity index (χ0) is 18.0. The molecule has 0 spiro atoms. The maximum Gasteiger partial charge on any atom is 0.243 e. The summed E-state index contributed by atoms with van der Waals surface area (Å²) in [6.07, 6.45) is 3.20. The number of anilines is 1. The number of nitrogens with zero attached hydrogens (tertiary/aromatic N) is 1. The molecular formula is C17H26N2O4S. The van der Waals surface area contributed by atoms with Gasteiger partial charge in [-0.3, -0.25) is 4.79 Å². The van der Waals surface area contributed by atoms with E-state index in [0.717, 1.165) is 19.3 Å². The molecule has 1 fully saturated rings. The summed E-state index contributed by atoms with van der Waals surface area (Å²) in [4.78, 5) is 12.4. The molecule has 7 heteroatoms. The van der Waals surface area contributed by atoms with Crippen LogP contribution in [-0.4, -0.2) is 44.4 Å². The molecule has 1 N–H and O–H groups in total. The number of methoxy groups -OCH3 is 1. The van der Waals surface area contributed by atoms with Crippen molar-refractivity contribution in [1.29, 1.82) is 0 Å². The molecule has 0 aromatic heterocycles. The molecule has 0 unspecified atom stereocenters. The van der Waals surface area contributed by atoms with Crippen LogP contribution in [0.4, 0.5) is 5.69 Å². The van der Waals surface area contributed by atoms with E-state index in [4.69, 9.17) is 4.74 Å². The minimum Gasteiger partial charge on any atom is -0.378 e. The average molecular weight is 354 g/mol. The molecule has 6 nitrogen and oxygen atoms in total. The van der Waals surface area contributed by atoms with Crippen molar-refractivity contribution in [3.63, 3.8) is 0 Å². The van der Waals surface area contributed by atoms with Crippen LogP contribution in [0, 0.1) is 0 Å². The Balaban J connectivity index is 2.03. The van der Waals surface area contributed by atoms with Gasteiger partial charge in [0.1, 0.15) is 0 Å². The summed E-state index contributed by atoms with van der Waals surface area (Å²) in [5.41, 5.74) is 0.254. The van der Waals surface area contributed by atoms with E-state index in [9.17, 15) is 13.2 Å². The molecule has 1 amide bonds. The lowest BCUT2D eigenvalue weighted by molar-refractivity contribution is -0.129. The zero-order valence-electron chi connectivity index (χ0n) is 14.7. The van der Waals surface area contributed by atoms with Gasteiger partial charge < -0.3 is 10.1 Å². The van der Waals surface area contributed by atoms with Crippen molar-refractivity contribution in [2.75, 3.05) is 19.5 Å². The van der Waals surface area contributed by atoms with Crippen molar-refractivity contribution in [2.45, 2.75) is 56.1 Å². The normalized spacial score (nSPS) is 16.9. The van der Waals surface area contributed by atoms with Gasteiger partial charge in [0, 0.05) is 25.9 Å². The second kappa shape index (κ2) is 7.21. The molecule has 0 radical (unpaired) electrons. The predicted molar refractivity (Wildman–Crippen MR) is 93.4 cm³/mol. The van der Waals surface area contributed by atoms with Crippen molar-refractivity contribution in [3.05, 3.63) is 24.3 Å². The highest BCUT2D eigenvalue weighted by molar-refractivity contribution is 7.89. The molecule has 1 aliphatic carbocycles. The number of sulfonamides is 1. The van der Waals surface area contributed by atoms with Crippen molar-refractivity contribution in [1.82, 2.24) is 4.31 Å². The molecule has 24 heavy (non-hydrogen) atoms. The molecule has 0 bridgehead atoms. The number of ether oxygens (including phenoxy) is 1. The number of hydrogen-bond acceptors (Lipinski definition) is 4. The van der Waals surface area contributed by atoms with Crippen LogP contribution in [0.1, 0.15) is 39.5 Å². The Kier molecular flexibility index (Phi) is 5.67. The first-order valence-electron chi connectivity index (χ1n) is 8.13. The Morgan fingerprint density at radius 1 is 1.29 bits per heavy atom. The third kappa shape index (κ3) is 3.96. The monoisotopic (exact) mass is 354 g/mol. The summed E-state index contributed by atoms with van der Waals surface area (Å²) in [5.74, 6) is -0.119. The van der Waals surface area contributed by atoms with E-state index in [1.807, 2.05) is 13.8 Å². The maximum absolute atomic E-state index is 12.4. The third-order valence-corrected chi connectivity index (χ3v) is 6.77. The number of hydrogen-bond donors (Lipinski definition) is 1. The van der Waals surface area contributed by atoms with Crippen molar-refractivity contribution >= 4 is 21.6 Å². The number of nitrogens with one attached hydrogen (secondary N) is 1. The molecule has 0 aliphatic heterocycles. The third-order valence-electron chi connectivity index (χ3n) is 4.72. The topological polar surface area (TPSA) is 75.7 Å². The minimum atomic E-state index is -3.51. The highest BCUT2D eigenvalue weighted by Gasteiger charge is 2.39. The van der Waals surface area contributed by atoms with Crippen LogP contribution in [-0.2, 0) is 19.6 Å². The van der Waals surface area contributed by atoms with Gasteiger partial charge in [0.05, 0.1) is 16.9 Å². The standard InChI is InChI=1S/C17H26N2O4S/c1-13(2)19(3)24(21,22)15-8-6-14(7-9-15)18-16(20)12-17(23-4)10-5-11-17/h6-9,13H,5,10-12H2,1-4H3,(H,18,20). The van der Waals surface area contributed by atoms with E-state index in [1.165, 1.54) is 16.4 Å². The van der Waals surface area contributed by atoms with E-state index < -0.39 is 10.0 Å². The van der Waals surface area contributed by atoms with Gasteiger partial charge in [-0.25, -0.2) is 8.42 Å². The highest BCUT2D eigenvalue weighted by Crippen LogP contribution is 2.38. The van der Waals surface area contributed by atoms with Gasteiger partial charge in [-0.2, -0.15) is 4.31 Å². The summed E-state index contributed by atoms with van der Waals surface area (Å²) >= 11 is 0. The SMILES string of the molecule is COC1(CC(=O)Nc2ccc(S(=O)(=O)N(C)C(C)C)cc2)CCC1. The second-order valence-corrected chi connectivity index (χ2v) is 8.60. The summed E-state index contributed by atoms with van der Waals surface area (Å²) in [5, 5.41) is 2.80. The molecular weight excluding hydrogens is 328 g/mol. The van der Waals surface area contributed by atoms with Gasteiger partial charge >= 0.3 is 0 Å². The fourth-order valence-corrected chi connectivity index (χ4v) is 4.04. The zero-order valence-corrected chi connectivity index (χ0v) is 15.5. The van der Waals surface area contributed by atoms with Crippen LogP contribution in [0.2, 0.25) is 0 Å². The summed E-state index contributed by atoms with van der Waals surface area (Å²) in [7, 11) is -0.320. The average Bonchev–Trinajstić information content (AvgIpc) is 2.50. The van der Waals surface area contributed by atoms with Gasteiger partial charge in [0.25, 0.3) is 0 Å². The first-order chi connectivity index (χ1) is 11.2. The molecule has 1 saturated carbocycles. The van der Waals surface area contributed by atoms with Gasteiger partial charge in [-0.15, -0.1) is 0 Å². The van der Waals surface area contributed by atoms with E-state index in [1.54, 1.807) is 26.3 Å². The van der Waals surface area contributed by atoms with Crippen LogP contribution in [0.5, 0.6) is 0 Å². The summed E-state index contributed by atoms with van der Waals surface area (Å²) in [6.45, 7) is 3.64. The smallest absolute Gasteiger partial charge is 0.243 e. The lowest BCUT2D eigenvalue weighted by Crippen LogP contribution is -2.42. The Morgan fingerprint density at radius 2 is 1.88 bits per heavy atom. The van der Waals surface area contributed by atoms with Gasteiger partial charge in [0.2, 0.25) is 15.9 Å². The minimum absolute atomic E-state index is 0.119. The van der Waals surface area contributed by atoms with E-state index in [2.05, 4.69) is 5.32 Å². The number of rotatable bonds is 7. The van der Waals surface area contributed by atoms with Gasteiger partial charge in [-0.05, 0) is 57.4 Å². The van der Waals surface area contributed by atoms with Crippen molar-refractivity contribution in [2.24, 2.45) is 0 Å². The number of benzene rings is 1. The van der Waals surface area contributed by atoms with Gasteiger partial charge in [0.15, 0.2) is 0 Å². The quantitative estimate of drug-likeness (QED) is 0.817. The molecule has 0 heterocycles. The van der Waals surface area contributed by atoms with E-state index in [0.29, 0.717) is 12.1 Å². The fraction of sp³-hybridized carbons (Fsp3) is 0.588. The van der Waals surface area contributed by atoms with Crippen molar-refractivity contribution < 1.29 is 17.9 Å². The molecule has 2 rings (SSSR count). The van der Waals surface area contributed by atoms with E-state index >= 15 is 0 Å². The second-order valence-electron chi connectivity index (χ2n) is 6.61. The van der Waals surface area contributed by atoms with Crippen molar-refractivity contribution in [3.8, 4) is 0 Å². The predicted octanol–water partition coefficient (Wildman–Crippen LogP) is 2.61. The highest BCUT2D eigenvalue weighted by atomic mass is 32.2. The fourth-order valence-electron chi connectivity index (χ4n) is 2.68. The maximum atomic E-state index is 12.4. The molecule has 134 valence electrons. The number of carbonyl (C=O) groups is 1. The first kappa shape index (κ1) is 18.9. The largest absolute Gasteiger partial charge is 0.378 e. The molecule has 1 aromatic rings. The summed E-state index contributed by atoms with van der Waals surface area (Å²) in [6, 6.07) is 6.12. The number of amides is 1. The Bertz CT molecular complexity index is 674. The first-order valence-corrected chi connectivity index (χ1v) is 9.57. The molecule has 1 aliphatic rings. The lowest BCUT2D eigenvalue weighted by atomic mass is 9.77. The summed E-state index contributed by atoms with van der Waals surface area (Å²) < 4.78 is 31.6. The number of carbonyl (C=O) groups excluding carboxylic acids is 1. The van der Waals surface area contributed by atoms with Crippen LogP contribution in [0.15, 0.2) is 29.2 Å². The molecule has 1 aromatic carbocycles. The van der Waals surface area contributed by atoms with E-state index in [-0.39, 0.29) is 22.4 Å². The molecule has 0 atom stereocenters. The van der Waals surface area contributed by atoms with Crippen LogP contribution < -0.4 is 5.32 Å². The van der Waals surface area contributed by atoms with Crippen LogP contribution in [0.3, 0.4) is 0 Å². The van der Waals surface area contributed by atoms with Crippen LogP contribution >= 0.6 is 0 Å². The Labute approximate surface area is 144 Å². The Hall–Kier alpha value is -1.44. The van der Waals surface area contributed by atoms with Gasteiger partial charge in [-0.1, -0.05) is 0 Å².